The number of piperidine rings is 1. The van der Waals surface area contributed by atoms with Crippen LogP contribution in [0.3, 0.4) is 0 Å². The maximum Gasteiger partial charge on any atom is 0.407 e. The summed E-state index contributed by atoms with van der Waals surface area (Å²) in [6, 6.07) is 15.7. The molecule has 0 spiro atoms. The highest BCUT2D eigenvalue weighted by Gasteiger charge is 2.36. The SMILES string of the molecule is CC1C[C@H](NC(=O)OC(C)(C)C)CC(C(=O)NCC/C=C/c2c(OCc3ccccc3)ccc3ncc(Br)cc23)N1C. The van der Waals surface area contributed by atoms with E-state index in [9.17, 15) is 9.59 Å². The molecule has 2 unspecified atom stereocenters. The van der Waals surface area contributed by atoms with Gasteiger partial charge in [0.15, 0.2) is 0 Å². The number of amides is 2. The van der Waals surface area contributed by atoms with E-state index in [2.05, 4.69) is 43.4 Å². The molecule has 0 bridgehead atoms. The summed E-state index contributed by atoms with van der Waals surface area (Å²) in [5, 5.41) is 7.02. The van der Waals surface area contributed by atoms with Crippen LogP contribution in [-0.2, 0) is 16.1 Å². The summed E-state index contributed by atoms with van der Waals surface area (Å²) in [6.07, 6.45) is 7.36. The van der Waals surface area contributed by atoms with Gasteiger partial charge in [-0.3, -0.25) is 14.7 Å². The van der Waals surface area contributed by atoms with Crippen molar-refractivity contribution in [3.8, 4) is 5.75 Å². The van der Waals surface area contributed by atoms with Crippen LogP contribution in [0.1, 0.15) is 58.1 Å². The van der Waals surface area contributed by atoms with Gasteiger partial charge in [0, 0.05) is 40.2 Å². The van der Waals surface area contributed by atoms with E-state index in [0.717, 1.165) is 38.7 Å². The van der Waals surface area contributed by atoms with Gasteiger partial charge in [-0.25, -0.2) is 4.79 Å². The number of rotatable bonds is 9. The summed E-state index contributed by atoms with van der Waals surface area (Å²) in [6.45, 7) is 8.53. The molecular weight excluding hydrogens is 596 g/mol. The Morgan fingerprint density at radius 2 is 1.90 bits per heavy atom. The molecule has 1 aromatic heterocycles. The van der Waals surface area contributed by atoms with Crippen molar-refractivity contribution < 1.29 is 19.1 Å². The molecule has 1 aliphatic heterocycles. The number of carbonyl (C=O) groups excluding carboxylic acids is 2. The molecule has 0 aliphatic carbocycles. The number of hydrogen-bond donors (Lipinski definition) is 2. The first kappa shape index (κ1) is 31.5. The second-order valence-corrected chi connectivity index (χ2v) is 12.7. The highest BCUT2D eigenvalue weighted by molar-refractivity contribution is 9.10. The molecule has 1 saturated heterocycles. The standard InChI is InChI=1S/C33H41BrN4O4/c1-22-17-25(37-32(40)42-33(2,3)4)19-29(38(22)5)31(39)35-16-10-9-13-26-27-18-24(34)20-36-28(27)14-15-30(26)41-21-23-11-7-6-8-12-23/h6-9,11-15,18,20,22,25,29H,10,16-17,19,21H2,1-5H3,(H,35,39)(H,37,40)/b13-9+/t22?,25-,29?/m0/s1. The third kappa shape index (κ3) is 8.79. The molecule has 3 aromatic rings. The van der Waals surface area contributed by atoms with Crippen LogP contribution in [-0.4, -0.2) is 59.2 Å². The van der Waals surface area contributed by atoms with Crippen molar-refractivity contribution >= 4 is 44.9 Å². The molecule has 0 saturated carbocycles. The highest BCUT2D eigenvalue weighted by atomic mass is 79.9. The number of nitrogens with zero attached hydrogens (tertiary/aromatic N) is 2. The van der Waals surface area contributed by atoms with E-state index in [-0.39, 0.29) is 24.0 Å². The van der Waals surface area contributed by atoms with E-state index in [1.807, 2.05) is 88.5 Å². The number of likely N-dealkylation sites (tertiary alicyclic amines) is 1. The molecule has 1 fully saturated rings. The van der Waals surface area contributed by atoms with Crippen LogP contribution in [0, 0.1) is 0 Å². The van der Waals surface area contributed by atoms with E-state index >= 15 is 0 Å². The molecule has 2 heterocycles. The number of fused-ring (bicyclic) bond motifs is 1. The minimum Gasteiger partial charge on any atom is -0.488 e. The van der Waals surface area contributed by atoms with Gasteiger partial charge in [-0.15, -0.1) is 0 Å². The molecule has 4 rings (SSSR count). The van der Waals surface area contributed by atoms with Gasteiger partial charge in [0.05, 0.1) is 11.6 Å². The third-order valence-corrected chi connectivity index (χ3v) is 7.74. The Kier molecular flexibility index (Phi) is 10.6. The maximum absolute atomic E-state index is 13.2. The Morgan fingerprint density at radius 1 is 1.14 bits per heavy atom. The lowest BCUT2D eigenvalue weighted by atomic mass is 9.92. The van der Waals surface area contributed by atoms with Gasteiger partial charge in [0.2, 0.25) is 5.91 Å². The van der Waals surface area contributed by atoms with E-state index in [1.165, 1.54) is 0 Å². The summed E-state index contributed by atoms with van der Waals surface area (Å²) >= 11 is 3.54. The van der Waals surface area contributed by atoms with Crippen molar-refractivity contribution in [3.63, 3.8) is 0 Å². The zero-order chi connectivity index (χ0) is 30.3. The van der Waals surface area contributed by atoms with Crippen LogP contribution < -0.4 is 15.4 Å². The van der Waals surface area contributed by atoms with E-state index < -0.39 is 11.7 Å². The van der Waals surface area contributed by atoms with Crippen LogP contribution >= 0.6 is 15.9 Å². The molecule has 42 heavy (non-hydrogen) atoms. The maximum atomic E-state index is 13.2. The molecule has 2 aromatic carbocycles. The number of likely N-dealkylation sites (N-methyl/N-ethyl adjacent to an activating group) is 1. The lowest BCUT2D eigenvalue weighted by molar-refractivity contribution is -0.128. The minimum absolute atomic E-state index is 0.0430. The van der Waals surface area contributed by atoms with Gasteiger partial charge in [0.1, 0.15) is 18.0 Å². The fourth-order valence-corrected chi connectivity index (χ4v) is 5.44. The summed E-state index contributed by atoms with van der Waals surface area (Å²) in [5.41, 5.74) is 2.34. The number of alkyl carbamates (subject to hydrolysis) is 1. The topological polar surface area (TPSA) is 92.8 Å². The average Bonchev–Trinajstić information content (AvgIpc) is 2.93. The van der Waals surface area contributed by atoms with Crippen LogP contribution in [0.5, 0.6) is 5.75 Å². The van der Waals surface area contributed by atoms with Crippen LogP contribution in [0.4, 0.5) is 4.79 Å². The second kappa shape index (κ2) is 14.2. The van der Waals surface area contributed by atoms with Crippen molar-refractivity contribution in [1.82, 2.24) is 20.5 Å². The fraction of sp³-hybridized carbons (Fsp3) is 0.424. The van der Waals surface area contributed by atoms with Gasteiger partial charge in [0.25, 0.3) is 0 Å². The third-order valence-electron chi connectivity index (χ3n) is 7.31. The summed E-state index contributed by atoms with van der Waals surface area (Å²) in [4.78, 5) is 32.1. The minimum atomic E-state index is -0.570. The Morgan fingerprint density at radius 3 is 2.64 bits per heavy atom. The van der Waals surface area contributed by atoms with Crippen LogP contribution in [0.15, 0.2) is 65.3 Å². The van der Waals surface area contributed by atoms with Crippen molar-refractivity contribution in [2.45, 2.75) is 77.3 Å². The predicted octanol–water partition coefficient (Wildman–Crippen LogP) is 6.47. The molecular formula is C33H41BrN4O4. The van der Waals surface area contributed by atoms with Crippen molar-refractivity contribution in [2.75, 3.05) is 13.6 Å². The number of hydrogen-bond acceptors (Lipinski definition) is 6. The number of carbonyl (C=O) groups is 2. The highest BCUT2D eigenvalue weighted by Crippen LogP contribution is 2.31. The van der Waals surface area contributed by atoms with Gasteiger partial charge < -0.3 is 20.1 Å². The van der Waals surface area contributed by atoms with Crippen molar-refractivity contribution in [1.29, 1.82) is 0 Å². The first-order valence-corrected chi connectivity index (χ1v) is 15.2. The number of halogens is 1. The quantitative estimate of drug-likeness (QED) is 0.262. The number of benzene rings is 2. The van der Waals surface area contributed by atoms with Gasteiger partial charge in [-0.05, 0) is 93.7 Å². The summed E-state index contributed by atoms with van der Waals surface area (Å²) < 4.78 is 12.5. The largest absolute Gasteiger partial charge is 0.488 e. The molecule has 2 N–H and O–H groups in total. The van der Waals surface area contributed by atoms with E-state index in [0.29, 0.717) is 26.0 Å². The molecule has 0 radical (unpaired) electrons. The number of aromatic nitrogens is 1. The van der Waals surface area contributed by atoms with Crippen molar-refractivity contribution in [3.05, 3.63) is 76.4 Å². The normalized spacial score (nSPS) is 19.5. The van der Waals surface area contributed by atoms with E-state index in [4.69, 9.17) is 9.47 Å². The number of ether oxygens (including phenoxy) is 2. The molecule has 9 heteroatoms. The summed E-state index contributed by atoms with van der Waals surface area (Å²) in [5.74, 6) is 0.728. The Bertz CT molecular complexity index is 1410. The fourth-order valence-electron chi connectivity index (χ4n) is 5.11. The first-order chi connectivity index (χ1) is 20.0. The molecule has 1 aliphatic rings. The lowest BCUT2D eigenvalue weighted by Gasteiger charge is -2.41. The predicted molar refractivity (Wildman–Crippen MR) is 170 cm³/mol. The molecule has 8 nitrogen and oxygen atoms in total. The Balaban J connectivity index is 1.38. The monoisotopic (exact) mass is 636 g/mol. The zero-order valence-corrected chi connectivity index (χ0v) is 26.6. The first-order valence-electron chi connectivity index (χ1n) is 14.4. The smallest absolute Gasteiger partial charge is 0.407 e. The number of pyridine rings is 1. The Labute approximate surface area is 257 Å². The Hall–Kier alpha value is -3.43. The van der Waals surface area contributed by atoms with Gasteiger partial charge >= 0.3 is 6.09 Å². The van der Waals surface area contributed by atoms with Crippen molar-refractivity contribution in [2.24, 2.45) is 0 Å². The summed E-state index contributed by atoms with van der Waals surface area (Å²) in [7, 11) is 1.96. The lowest BCUT2D eigenvalue weighted by Crippen LogP contribution is -2.57. The molecule has 3 atom stereocenters. The average molecular weight is 638 g/mol. The molecule has 224 valence electrons. The second-order valence-electron chi connectivity index (χ2n) is 11.8. The number of nitrogens with one attached hydrogen (secondary N) is 2. The van der Waals surface area contributed by atoms with Gasteiger partial charge in [-0.2, -0.15) is 0 Å². The van der Waals surface area contributed by atoms with E-state index in [1.54, 1.807) is 6.20 Å². The van der Waals surface area contributed by atoms with Gasteiger partial charge in [-0.1, -0.05) is 42.5 Å². The molecule has 2 amide bonds. The van der Waals surface area contributed by atoms with Crippen LogP contribution in [0.2, 0.25) is 0 Å². The zero-order valence-electron chi connectivity index (χ0n) is 25.0. The van der Waals surface area contributed by atoms with Crippen LogP contribution in [0.25, 0.3) is 17.0 Å².